The van der Waals surface area contributed by atoms with Crippen molar-refractivity contribution in [2.24, 2.45) is 23.3 Å². The summed E-state index contributed by atoms with van der Waals surface area (Å²) in [6.45, 7) is 3.63. The fourth-order valence-corrected chi connectivity index (χ4v) is 2.13. The molecule has 0 bridgehead atoms. The van der Waals surface area contributed by atoms with Gasteiger partial charge in [-0.2, -0.15) is 0 Å². The van der Waals surface area contributed by atoms with E-state index in [1.54, 1.807) is 0 Å². The monoisotopic (exact) mass is 227 g/mol. The lowest BCUT2D eigenvalue weighted by molar-refractivity contribution is -0.137. The average molecular weight is 227 g/mol. The maximum absolute atomic E-state index is 11.9. The lowest BCUT2D eigenvalue weighted by Crippen LogP contribution is -2.44. The second-order valence-corrected chi connectivity index (χ2v) is 4.60. The van der Waals surface area contributed by atoms with Gasteiger partial charge in [0.1, 0.15) is 0 Å². The Morgan fingerprint density at radius 2 is 2.19 bits per heavy atom. The molecule has 1 aliphatic heterocycles. The number of nitrogens with two attached hydrogens (primary N) is 2. The van der Waals surface area contributed by atoms with Crippen LogP contribution < -0.4 is 11.5 Å². The van der Waals surface area contributed by atoms with E-state index in [0.29, 0.717) is 19.5 Å². The zero-order chi connectivity index (χ0) is 12.1. The Balaban J connectivity index is 2.49. The van der Waals surface area contributed by atoms with Crippen molar-refractivity contribution < 1.29 is 9.59 Å². The standard InChI is InChI=1S/C11H21N3O2/c1-8(6-12)11(16)14-4-2-3-9(7-14)5-10(13)15/h8-9H,2-7,12H2,1H3,(H2,13,15). The van der Waals surface area contributed by atoms with Gasteiger partial charge in [-0.3, -0.25) is 9.59 Å². The van der Waals surface area contributed by atoms with Crippen molar-refractivity contribution in [3.05, 3.63) is 0 Å². The fraction of sp³-hybridized carbons (Fsp3) is 0.818. The smallest absolute Gasteiger partial charge is 0.226 e. The summed E-state index contributed by atoms with van der Waals surface area (Å²) in [5.74, 6) is -0.102. The summed E-state index contributed by atoms with van der Waals surface area (Å²) in [5, 5.41) is 0. The number of amides is 2. The molecule has 2 atom stereocenters. The van der Waals surface area contributed by atoms with Crippen LogP contribution in [-0.2, 0) is 9.59 Å². The molecule has 0 aromatic carbocycles. The van der Waals surface area contributed by atoms with E-state index < -0.39 is 0 Å². The van der Waals surface area contributed by atoms with Gasteiger partial charge >= 0.3 is 0 Å². The highest BCUT2D eigenvalue weighted by atomic mass is 16.2. The molecule has 0 radical (unpaired) electrons. The molecular weight excluding hydrogens is 206 g/mol. The first-order chi connectivity index (χ1) is 7.54. The van der Waals surface area contributed by atoms with Crippen molar-refractivity contribution in [2.75, 3.05) is 19.6 Å². The third-order valence-electron chi connectivity index (χ3n) is 3.10. The number of piperidine rings is 1. The summed E-state index contributed by atoms with van der Waals surface area (Å²) in [4.78, 5) is 24.5. The normalized spacial score (nSPS) is 22.9. The van der Waals surface area contributed by atoms with E-state index in [1.807, 2.05) is 11.8 Å². The first-order valence-electron chi connectivity index (χ1n) is 5.81. The molecule has 1 heterocycles. The Hall–Kier alpha value is -1.10. The largest absolute Gasteiger partial charge is 0.370 e. The van der Waals surface area contributed by atoms with E-state index >= 15 is 0 Å². The minimum absolute atomic E-state index is 0.0941. The molecular formula is C11H21N3O2. The predicted molar refractivity (Wildman–Crippen MR) is 61.3 cm³/mol. The van der Waals surface area contributed by atoms with Gasteiger partial charge in [0.15, 0.2) is 0 Å². The number of nitrogens with zero attached hydrogens (tertiary/aromatic N) is 1. The van der Waals surface area contributed by atoms with Crippen LogP contribution in [0.25, 0.3) is 0 Å². The summed E-state index contributed by atoms with van der Waals surface area (Å²) in [6, 6.07) is 0. The van der Waals surface area contributed by atoms with Crippen molar-refractivity contribution in [3.63, 3.8) is 0 Å². The molecule has 0 spiro atoms. The van der Waals surface area contributed by atoms with E-state index in [-0.39, 0.29) is 23.7 Å². The van der Waals surface area contributed by atoms with Gasteiger partial charge in [0.2, 0.25) is 11.8 Å². The van der Waals surface area contributed by atoms with Gasteiger partial charge in [0.25, 0.3) is 0 Å². The summed E-state index contributed by atoms with van der Waals surface area (Å²) in [5.41, 5.74) is 10.6. The zero-order valence-corrected chi connectivity index (χ0v) is 9.82. The fourth-order valence-electron chi connectivity index (χ4n) is 2.13. The van der Waals surface area contributed by atoms with Crippen LogP contribution in [-0.4, -0.2) is 36.3 Å². The molecule has 0 aromatic heterocycles. The third-order valence-corrected chi connectivity index (χ3v) is 3.10. The van der Waals surface area contributed by atoms with E-state index in [0.717, 1.165) is 19.4 Å². The average Bonchev–Trinajstić information content (AvgIpc) is 2.26. The number of likely N-dealkylation sites (tertiary alicyclic amines) is 1. The molecule has 1 saturated heterocycles. The Kier molecular flexibility index (Phi) is 4.73. The molecule has 1 aliphatic rings. The molecule has 4 N–H and O–H groups in total. The molecule has 92 valence electrons. The van der Waals surface area contributed by atoms with Gasteiger partial charge in [0.05, 0.1) is 0 Å². The van der Waals surface area contributed by atoms with Crippen LogP contribution in [0.1, 0.15) is 26.2 Å². The Morgan fingerprint density at radius 1 is 1.50 bits per heavy atom. The predicted octanol–water partition coefficient (Wildman–Crippen LogP) is -0.305. The molecule has 0 saturated carbocycles. The van der Waals surface area contributed by atoms with Crippen LogP contribution in [0.15, 0.2) is 0 Å². The van der Waals surface area contributed by atoms with Gasteiger partial charge in [-0.1, -0.05) is 6.92 Å². The molecule has 2 amide bonds. The third kappa shape index (κ3) is 3.48. The van der Waals surface area contributed by atoms with E-state index in [2.05, 4.69) is 0 Å². The highest BCUT2D eigenvalue weighted by Gasteiger charge is 2.26. The van der Waals surface area contributed by atoms with Crippen LogP contribution in [0.5, 0.6) is 0 Å². The van der Waals surface area contributed by atoms with Crippen molar-refractivity contribution in [3.8, 4) is 0 Å². The Bertz CT molecular complexity index is 268. The topological polar surface area (TPSA) is 89.4 Å². The van der Waals surface area contributed by atoms with Crippen LogP contribution >= 0.6 is 0 Å². The minimum atomic E-state index is -0.286. The number of carbonyl (C=O) groups is 2. The van der Waals surface area contributed by atoms with Gasteiger partial charge in [-0.05, 0) is 18.8 Å². The van der Waals surface area contributed by atoms with Crippen molar-refractivity contribution >= 4 is 11.8 Å². The molecule has 2 unspecified atom stereocenters. The maximum Gasteiger partial charge on any atom is 0.226 e. The first kappa shape index (κ1) is 13.0. The van der Waals surface area contributed by atoms with Crippen molar-refractivity contribution in [1.82, 2.24) is 4.90 Å². The zero-order valence-electron chi connectivity index (χ0n) is 9.82. The van der Waals surface area contributed by atoms with Gasteiger partial charge in [-0.15, -0.1) is 0 Å². The molecule has 5 heteroatoms. The quantitative estimate of drug-likeness (QED) is 0.690. The van der Waals surface area contributed by atoms with Gasteiger partial charge < -0.3 is 16.4 Å². The summed E-state index contributed by atoms with van der Waals surface area (Å²) in [7, 11) is 0. The van der Waals surface area contributed by atoms with Gasteiger partial charge in [0, 0.05) is 32.0 Å². The molecule has 0 aromatic rings. The summed E-state index contributed by atoms with van der Waals surface area (Å²) in [6.07, 6.45) is 2.30. The SMILES string of the molecule is CC(CN)C(=O)N1CCCC(CC(N)=O)C1. The molecule has 16 heavy (non-hydrogen) atoms. The van der Waals surface area contributed by atoms with Crippen LogP contribution in [0.2, 0.25) is 0 Å². The van der Waals surface area contributed by atoms with E-state index in [4.69, 9.17) is 11.5 Å². The highest BCUT2D eigenvalue weighted by Crippen LogP contribution is 2.20. The second kappa shape index (κ2) is 5.84. The summed E-state index contributed by atoms with van der Waals surface area (Å²) >= 11 is 0. The summed E-state index contributed by atoms with van der Waals surface area (Å²) < 4.78 is 0. The van der Waals surface area contributed by atoms with Gasteiger partial charge in [-0.25, -0.2) is 0 Å². The van der Waals surface area contributed by atoms with E-state index in [9.17, 15) is 9.59 Å². The number of primary amides is 1. The minimum Gasteiger partial charge on any atom is -0.370 e. The van der Waals surface area contributed by atoms with Crippen molar-refractivity contribution in [1.29, 1.82) is 0 Å². The van der Waals surface area contributed by atoms with Crippen LogP contribution in [0.3, 0.4) is 0 Å². The molecule has 1 rings (SSSR count). The molecule has 5 nitrogen and oxygen atoms in total. The van der Waals surface area contributed by atoms with E-state index in [1.165, 1.54) is 0 Å². The lowest BCUT2D eigenvalue weighted by Gasteiger charge is -2.33. The number of rotatable bonds is 4. The first-order valence-corrected chi connectivity index (χ1v) is 5.81. The second-order valence-electron chi connectivity index (χ2n) is 4.60. The Morgan fingerprint density at radius 3 is 2.75 bits per heavy atom. The number of hydrogen-bond donors (Lipinski definition) is 2. The maximum atomic E-state index is 11.9. The van der Waals surface area contributed by atoms with Crippen LogP contribution in [0, 0.1) is 11.8 Å². The number of carbonyl (C=O) groups excluding carboxylic acids is 2. The van der Waals surface area contributed by atoms with Crippen molar-refractivity contribution in [2.45, 2.75) is 26.2 Å². The molecule has 0 aliphatic carbocycles. The molecule has 1 fully saturated rings. The van der Waals surface area contributed by atoms with Crippen LogP contribution in [0.4, 0.5) is 0 Å². The number of hydrogen-bond acceptors (Lipinski definition) is 3. The lowest BCUT2D eigenvalue weighted by atomic mass is 9.93. The highest BCUT2D eigenvalue weighted by molar-refractivity contribution is 5.79. The Labute approximate surface area is 96.1 Å².